The van der Waals surface area contributed by atoms with Crippen molar-refractivity contribution in [2.75, 3.05) is 18.0 Å². The molecule has 0 saturated carbocycles. The minimum atomic E-state index is -0.404. The summed E-state index contributed by atoms with van der Waals surface area (Å²) in [5.74, 6) is 1.17. The Morgan fingerprint density at radius 2 is 2.22 bits per heavy atom. The smallest absolute Gasteiger partial charge is 0.285 e. The van der Waals surface area contributed by atoms with Crippen molar-refractivity contribution in [3.8, 4) is 17.1 Å². The van der Waals surface area contributed by atoms with Gasteiger partial charge in [0.15, 0.2) is 0 Å². The fourth-order valence-corrected chi connectivity index (χ4v) is 3.41. The topological polar surface area (TPSA) is 110 Å². The van der Waals surface area contributed by atoms with Crippen molar-refractivity contribution < 1.29 is 9.26 Å². The summed E-state index contributed by atoms with van der Waals surface area (Å²) in [6, 6.07) is 1.77. The highest BCUT2D eigenvalue weighted by Crippen LogP contribution is 2.29. The van der Waals surface area contributed by atoms with Crippen molar-refractivity contribution >= 4 is 17.3 Å². The third-order valence-electron chi connectivity index (χ3n) is 4.48. The molecule has 10 heteroatoms. The molecule has 0 aromatic carbocycles. The third-order valence-corrected chi connectivity index (χ3v) is 4.85. The highest BCUT2D eigenvalue weighted by atomic mass is 35.5. The molecule has 27 heavy (non-hydrogen) atoms. The van der Waals surface area contributed by atoms with Crippen LogP contribution in [0.4, 0.5) is 5.69 Å². The lowest BCUT2D eigenvalue weighted by Crippen LogP contribution is -2.26. The Kier molecular flexibility index (Phi) is 4.53. The summed E-state index contributed by atoms with van der Waals surface area (Å²) in [5.41, 5.74) is 2.51. The van der Waals surface area contributed by atoms with Gasteiger partial charge in [-0.15, -0.1) is 0 Å². The number of rotatable bonds is 4. The quantitative estimate of drug-likeness (QED) is 0.723. The zero-order valence-corrected chi connectivity index (χ0v) is 15.5. The average Bonchev–Trinajstić information content (AvgIpc) is 3.24. The van der Waals surface area contributed by atoms with Gasteiger partial charge < -0.3 is 14.2 Å². The van der Waals surface area contributed by atoms with E-state index in [2.05, 4.69) is 25.3 Å². The molecule has 4 heterocycles. The lowest BCUT2D eigenvalue weighted by atomic mass is 10.1. The van der Waals surface area contributed by atoms with Gasteiger partial charge in [-0.05, 0) is 13.8 Å². The molecular formula is C17H17ClN6O3. The van der Waals surface area contributed by atoms with Gasteiger partial charge in [0.25, 0.3) is 5.56 Å². The Morgan fingerprint density at radius 1 is 1.37 bits per heavy atom. The number of nitrogens with zero attached hydrogens (tertiary/aromatic N) is 5. The minimum Gasteiger partial charge on any atom is -0.472 e. The molecule has 140 valence electrons. The predicted octanol–water partition coefficient (Wildman–Crippen LogP) is 2.14. The fourth-order valence-electron chi connectivity index (χ4n) is 3.20. The molecule has 0 unspecified atom stereocenters. The van der Waals surface area contributed by atoms with Crippen LogP contribution in [0.25, 0.3) is 11.3 Å². The van der Waals surface area contributed by atoms with E-state index in [9.17, 15) is 4.79 Å². The van der Waals surface area contributed by atoms with Gasteiger partial charge in [0.05, 0.1) is 35.4 Å². The normalized spacial score (nSPS) is 16.7. The molecule has 0 bridgehead atoms. The Morgan fingerprint density at radius 3 is 3.00 bits per heavy atom. The summed E-state index contributed by atoms with van der Waals surface area (Å²) in [5, 5.41) is 10.2. The molecule has 1 aliphatic rings. The number of hydrogen-bond acceptors (Lipinski definition) is 8. The van der Waals surface area contributed by atoms with Crippen LogP contribution >= 0.6 is 11.6 Å². The summed E-state index contributed by atoms with van der Waals surface area (Å²) in [7, 11) is 0. The van der Waals surface area contributed by atoms with Crippen LogP contribution < -0.4 is 15.2 Å². The number of aromatic nitrogens is 5. The first-order chi connectivity index (χ1) is 13.0. The minimum absolute atomic E-state index is 0.0900. The van der Waals surface area contributed by atoms with Gasteiger partial charge in [-0.2, -0.15) is 5.10 Å². The summed E-state index contributed by atoms with van der Waals surface area (Å²) >= 11 is 6.09. The molecular weight excluding hydrogens is 372 g/mol. The monoisotopic (exact) mass is 388 g/mol. The van der Waals surface area contributed by atoms with E-state index in [0.29, 0.717) is 36.1 Å². The van der Waals surface area contributed by atoms with E-state index in [4.69, 9.17) is 20.9 Å². The first-order valence-corrected chi connectivity index (χ1v) is 8.81. The van der Waals surface area contributed by atoms with Crippen molar-refractivity contribution in [3.05, 3.63) is 45.4 Å². The van der Waals surface area contributed by atoms with Crippen molar-refractivity contribution in [3.63, 3.8) is 0 Å². The van der Waals surface area contributed by atoms with E-state index < -0.39 is 5.56 Å². The van der Waals surface area contributed by atoms with Crippen LogP contribution in [0, 0.1) is 13.8 Å². The SMILES string of the molecule is Cc1noc(C)c1-c1cc(O[C@@H]2CCN(c3cn[nH]c(=O)c3Cl)C2)ncn1. The zero-order chi connectivity index (χ0) is 19.0. The number of halogens is 1. The number of aromatic amines is 1. The molecule has 0 spiro atoms. The van der Waals surface area contributed by atoms with Crippen molar-refractivity contribution in [1.82, 2.24) is 25.3 Å². The maximum absolute atomic E-state index is 11.6. The summed E-state index contributed by atoms with van der Waals surface area (Å²) in [6.07, 6.45) is 3.69. The molecule has 0 radical (unpaired) electrons. The lowest BCUT2D eigenvalue weighted by molar-refractivity contribution is 0.215. The second-order valence-corrected chi connectivity index (χ2v) is 6.69. The second-order valence-electron chi connectivity index (χ2n) is 6.31. The highest BCUT2D eigenvalue weighted by Gasteiger charge is 2.27. The molecule has 1 atom stereocenters. The first kappa shape index (κ1) is 17.5. The molecule has 0 amide bonds. The lowest BCUT2D eigenvalue weighted by Gasteiger charge is -2.19. The van der Waals surface area contributed by atoms with Crippen molar-refractivity contribution in [2.45, 2.75) is 26.4 Å². The standard InChI is InChI=1S/C17H17ClN6O3/c1-9-15(10(2)27-23-9)12-5-14(20-8-19-12)26-11-3-4-24(7-11)13-6-21-22-17(25)16(13)18/h5-6,8,11H,3-4,7H2,1-2H3,(H,22,25)/t11-/m1/s1. The molecule has 1 fully saturated rings. The van der Waals surface area contributed by atoms with Crippen LogP contribution in [-0.2, 0) is 0 Å². The average molecular weight is 389 g/mol. The van der Waals surface area contributed by atoms with E-state index >= 15 is 0 Å². The number of hydrogen-bond donors (Lipinski definition) is 1. The second kappa shape index (κ2) is 6.99. The Labute approximate surface area is 159 Å². The predicted molar refractivity (Wildman–Crippen MR) is 98.1 cm³/mol. The van der Waals surface area contributed by atoms with Crippen molar-refractivity contribution in [2.24, 2.45) is 0 Å². The molecule has 1 N–H and O–H groups in total. The largest absolute Gasteiger partial charge is 0.472 e. The molecule has 1 saturated heterocycles. The van der Waals surface area contributed by atoms with Gasteiger partial charge >= 0.3 is 0 Å². The van der Waals surface area contributed by atoms with Gasteiger partial charge in [0.1, 0.15) is 23.2 Å². The van der Waals surface area contributed by atoms with Gasteiger partial charge in [0, 0.05) is 19.0 Å². The van der Waals surface area contributed by atoms with Gasteiger partial charge in [-0.25, -0.2) is 15.1 Å². The van der Waals surface area contributed by atoms with E-state index in [1.54, 1.807) is 12.3 Å². The van der Waals surface area contributed by atoms with E-state index in [1.165, 1.54) is 6.33 Å². The molecule has 0 aliphatic carbocycles. The van der Waals surface area contributed by atoms with Crippen LogP contribution in [0.5, 0.6) is 5.88 Å². The van der Waals surface area contributed by atoms with Gasteiger partial charge in [-0.1, -0.05) is 16.8 Å². The Balaban J connectivity index is 1.50. The van der Waals surface area contributed by atoms with E-state index in [-0.39, 0.29) is 11.1 Å². The number of nitrogens with one attached hydrogen (secondary N) is 1. The number of ether oxygens (including phenoxy) is 1. The van der Waals surface area contributed by atoms with Gasteiger partial charge in [-0.3, -0.25) is 4.79 Å². The van der Waals surface area contributed by atoms with Crippen molar-refractivity contribution in [1.29, 1.82) is 0 Å². The third kappa shape index (κ3) is 3.37. The molecule has 3 aromatic heterocycles. The summed E-state index contributed by atoms with van der Waals surface area (Å²) < 4.78 is 11.2. The first-order valence-electron chi connectivity index (χ1n) is 8.43. The summed E-state index contributed by atoms with van der Waals surface area (Å²) in [4.78, 5) is 22.1. The maximum atomic E-state index is 11.6. The van der Waals surface area contributed by atoms with Crippen LogP contribution in [0.3, 0.4) is 0 Å². The van der Waals surface area contributed by atoms with E-state index in [0.717, 1.165) is 17.7 Å². The molecule has 3 aromatic rings. The van der Waals surface area contributed by atoms with Crippen LogP contribution in [0.1, 0.15) is 17.9 Å². The van der Waals surface area contributed by atoms with Crippen LogP contribution in [0.15, 0.2) is 27.9 Å². The zero-order valence-electron chi connectivity index (χ0n) is 14.8. The number of aryl methyl sites for hydroxylation is 2. The Hall–Kier alpha value is -2.94. The summed E-state index contributed by atoms with van der Waals surface area (Å²) in [6.45, 7) is 4.99. The van der Waals surface area contributed by atoms with E-state index in [1.807, 2.05) is 18.7 Å². The number of H-pyrrole nitrogens is 1. The number of anilines is 1. The van der Waals surface area contributed by atoms with Gasteiger partial charge in [0.2, 0.25) is 5.88 Å². The molecule has 1 aliphatic heterocycles. The fraction of sp³-hybridized carbons (Fsp3) is 0.353. The van der Waals surface area contributed by atoms with Crippen LogP contribution in [0.2, 0.25) is 5.02 Å². The maximum Gasteiger partial charge on any atom is 0.285 e. The molecule has 9 nitrogen and oxygen atoms in total. The highest BCUT2D eigenvalue weighted by molar-refractivity contribution is 6.33. The molecule has 4 rings (SSSR count). The van der Waals surface area contributed by atoms with Crippen LogP contribution in [-0.4, -0.2) is 44.5 Å². The Bertz CT molecular complexity index is 1010.